The second kappa shape index (κ2) is 8.21. The number of amides is 1. The highest BCUT2D eigenvalue weighted by Gasteiger charge is 2.16. The average Bonchev–Trinajstić information content (AvgIpc) is 2.98. The molecule has 3 rings (SSSR count). The first kappa shape index (κ1) is 19.5. The van der Waals surface area contributed by atoms with Crippen LogP contribution in [0.3, 0.4) is 0 Å². The fourth-order valence-electron chi connectivity index (χ4n) is 2.91. The molecule has 3 aromatic rings. The van der Waals surface area contributed by atoms with Gasteiger partial charge in [0.1, 0.15) is 11.4 Å². The Kier molecular flexibility index (Phi) is 5.94. The van der Waals surface area contributed by atoms with Gasteiger partial charge in [0.25, 0.3) is 11.5 Å². The molecule has 27 heavy (non-hydrogen) atoms. The van der Waals surface area contributed by atoms with E-state index in [2.05, 4.69) is 15.3 Å². The van der Waals surface area contributed by atoms with Crippen molar-refractivity contribution in [3.8, 4) is 11.1 Å². The van der Waals surface area contributed by atoms with E-state index in [1.54, 1.807) is 12.1 Å². The lowest BCUT2D eigenvalue weighted by molar-refractivity contribution is -0.886. The van der Waals surface area contributed by atoms with Crippen molar-refractivity contribution in [1.29, 1.82) is 0 Å². The second-order valence-corrected chi connectivity index (χ2v) is 8.18. The molecule has 1 aromatic carbocycles. The molecule has 142 valence electrons. The zero-order valence-corrected chi connectivity index (χ0v) is 17.0. The Morgan fingerprint density at radius 3 is 2.70 bits per heavy atom. The van der Waals surface area contributed by atoms with Gasteiger partial charge in [0.15, 0.2) is 12.4 Å². The van der Waals surface area contributed by atoms with Crippen molar-refractivity contribution >= 4 is 39.1 Å². The van der Waals surface area contributed by atoms with Gasteiger partial charge in [0.2, 0.25) is 0 Å². The van der Waals surface area contributed by atoms with Gasteiger partial charge < -0.3 is 15.2 Å². The lowest BCUT2D eigenvalue weighted by atomic mass is 10.1. The maximum atomic E-state index is 12.7. The van der Waals surface area contributed by atoms with Gasteiger partial charge in [-0.15, -0.1) is 11.3 Å². The zero-order valence-electron chi connectivity index (χ0n) is 15.4. The number of H-pyrrole nitrogens is 1. The van der Waals surface area contributed by atoms with E-state index in [9.17, 15) is 9.59 Å². The molecule has 8 heteroatoms. The summed E-state index contributed by atoms with van der Waals surface area (Å²) in [6.45, 7) is 4.63. The molecule has 3 N–H and O–H groups in total. The van der Waals surface area contributed by atoms with E-state index in [1.165, 1.54) is 11.3 Å². The topological polar surface area (TPSA) is 79.3 Å². The van der Waals surface area contributed by atoms with Gasteiger partial charge in [-0.05, 0) is 31.5 Å². The number of nitrogens with zero attached hydrogens (tertiary/aromatic N) is 1. The van der Waals surface area contributed by atoms with Crippen LogP contribution in [0.15, 0.2) is 34.4 Å². The van der Waals surface area contributed by atoms with Crippen LogP contribution in [-0.4, -0.2) is 35.5 Å². The number of thiophene rings is 1. The molecule has 0 fully saturated rings. The summed E-state index contributed by atoms with van der Waals surface area (Å²) in [4.78, 5) is 33.7. The first-order chi connectivity index (χ1) is 12.8. The number of hydrogen-bond donors (Lipinski definition) is 3. The van der Waals surface area contributed by atoms with Crippen molar-refractivity contribution in [2.45, 2.75) is 26.4 Å². The van der Waals surface area contributed by atoms with Crippen LogP contribution < -0.4 is 15.8 Å². The summed E-state index contributed by atoms with van der Waals surface area (Å²) < 4.78 is 0. The molecule has 0 aliphatic heterocycles. The summed E-state index contributed by atoms with van der Waals surface area (Å²) in [7, 11) is 1.90. The molecule has 0 radical (unpaired) electrons. The number of aromatic nitrogens is 2. The Bertz CT molecular complexity index is 1010. The number of carbonyl (C=O) groups excluding carboxylic acids is 1. The number of benzene rings is 1. The minimum atomic E-state index is -0.166. The van der Waals surface area contributed by atoms with Gasteiger partial charge >= 0.3 is 0 Å². The van der Waals surface area contributed by atoms with Crippen molar-refractivity contribution in [2.24, 2.45) is 0 Å². The van der Waals surface area contributed by atoms with E-state index in [1.807, 2.05) is 38.4 Å². The number of quaternary nitrogens is 1. The van der Waals surface area contributed by atoms with Gasteiger partial charge in [0.05, 0.1) is 12.4 Å². The number of hydrogen-bond acceptors (Lipinski definition) is 4. The molecule has 0 aliphatic rings. The maximum absolute atomic E-state index is 12.7. The molecular formula is C19H22ClN4O2S+. The Morgan fingerprint density at radius 1 is 1.33 bits per heavy atom. The number of fused-ring (bicyclic) bond motifs is 1. The van der Waals surface area contributed by atoms with Crippen LogP contribution >= 0.6 is 22.9 Å². The lowest BCUT2D eigenvalue weighted by Crippen LogP contribution is -3.09. The molecule has 6 nitrogen and oxygen atoms in total. The second-order valence-electron chi connectivity index (χ2n) is 6.88. The molecule has 1 atom stereocenters. The lowest BCUT2D eigenvalue weighted by Gasteiger charge is -2.14. The Balaban J connectivity index is 1.83. The summed E-state index contributed by atoms with van der Waals surface area (Å²) >= 11 is 7.39. The zero-order chi connectivity index (χ0) is 19.6. The third kappa shape index (κ3) is 4.74. The fraction of sp³-hybridized carbons (Fsp3) is 0.316. The van der Waals surface area contributed by atoms with Gasteiger partial charge in [-0.2, -0.15) is 0 Å². The Labute approximate surface area is 166 Å². The first-order valence-corrected chi connectivity index (χ1v) is 9.96. The van der Waals surface area contributed by atoms with Crippen LogP contribution in [0.4, 0.5) is 0 Å². The minimum absolute atomic E-state index is 0.0212. The van der Waals surface area contributed by atoms with Crippen LogP contribution in [0, 0.1) is 0 Å². The summed E-state index contributed by atoms with van der Waals surface area (Å²) in [5, 5.41) is 6.04. The highest BCUT2D eigenvalue weighted by molar-refractivity contribution is 7.17. The quantitative estimate of drug-likeness (QED) is 0.585. The van der Waals surface area contributed by atoms with E-state index in [4.69, 9.17) is 11.6 Å². The van der Waals surface area contributed by atoms with Gasteiger partial charge in [0, 0.05) is 22.0 Å². The molecule has 0 saturated carbocycles. The molecular weight excluding hydrogens is 384 g/mol. The number of carbonyl (C=O) groups is 1. The first-order valence-electron chi connectivity index (χ1n) is 8.70. The molecule has 0 spiro atoms. The summed E-state index contributed by atoms with van der Waals surface area (Å²) in [6, 6.07) is 7.50. The predicted octanol–water partition coefficient (Wildman–Crippen LogP) is 1.84. The molecule has 0 saturated heterocycles. The Hall–Kier alpha value is -2.22. The van der Waals surface area contributed by atoms with Crippen molar-refractivity contribution in [3.63, 3.8) is 0 Å². The van der Waals surface area contributed by atoms with Crippen LogP contribution in [0.25, 0.3) is 21.3 Å². The number of rotatable bonds is 6. The maximum Gasteiger partial charge on any atom is 0.275 e. The number of halogens is 1. The van der Waals surface area contributed by atoms with Crippen LogP contribution in [0.5, 0.6) is 0 Å². The van der Waals surface area contributed by atoms with Crippen molar-refractivity contribution in [2.75, 3.05) is 13.6 Å². The predicted molar refractivity (Wildman–Crippen MR) is 109 cm³/mol. The molecule has 1 amide bonds. The summed E-state index contributed by atoms with van der Waals surface area (Å²) in [5.41, 5.74) is 1.61. The molecule has 0 bridgehead atoms. The van der Waals surface area contributed by atoms with E-state index in [0.717, 1.165) is 16.0 Å². The summed E-state index contributed by atoms with van der Waals surface area (Å²) in [6.07, 6.45) is 0. The fourth-order valence-corrected chi connectivity index (χ4v) is 4.01. The van der Waals surface area contributed by atoms with Gasteiger partial charge in [-0.1, -0.05) is 23.7 Å². The highest BCUT2D eigenvalue weighted by Crippen LogP contribution is 2.31. The smallest absolute Gasteiger partial charge is 0.275 e. The Morgan fingerprint density at radius 2 is 2.04 bits per heavy atom. The molecule has 0 aliphatic carbocycles. The largest absolute Gasteiger partial charge is 0.349 e. The van der Waals surface area contributed by atoms with E-state index in [0.29, 0.717) is 34.2 Å². The van der Waals surface area contributed by atoms with Crippen LogP contribution in [0.1, 0.15) is 19.7 Å². The average molecular weight is 406 g/mol. The third-order valence-electron chi connectivity index (χ3n) is 4.03. The van der Waals surface area contributed by atoms with Crippen molar-refractivity contribution in [3.05, 3.63) is 50.8 Å². The summed E-state index contributed by atoms with van der Waals surface area (Å²) in [5.74, 6) is 0.555. The number of aromatic amines is 1. The van der Waals surface area contributed by atoms with Crippen LogP contribution in [-0.2, 0) is 11.3 Å². The highest BCUT2D eigenvalue weighted by atomic mass is 35.5. The van der Waals surface area contributed by atoms with Crippen molar-refractivity contribution in [1.82, 2.24) is 15.3 Å². The van der Waals surface area contributed by atoms with Crippen molar-refractivity contribution < 1.29 is 9.69 Å². The monoisotopic (exact) mass is 405 g/mol. The van der Waals surface area contributed by atoms with E-state index in [-0.39, 0.29) is 17.5 Å². The van der Waals surface area contributed by atoms with E-state index >= 15 is 0 Å². The molecule has 2 heterocycles. The standard InChI is InChI=1S/C19H21ClN4O2S/c1-11(2)21-16(25)9-24(3)8-15-22-18(26)17-14(10-27-19(17)23-15)12-4-6-13(20)7-5-12/h4-7,10-11H,8-9H2,1-3H3,(H,21,25)(H,22,23,26)/p+1. The SMILES string of the molecule is CC(C)NC(=O)C[NH+](C)Cc1nc2scc(-c3ccc(Cl)cc3)c2c(=O)[nH]1. The van der Waals surface area contributed by atoms with Crippen LogP contribution in [0.2, 0.25) is 5.02 Å². The van der Waals surface area contributed by atoms with Gasteiger partial charge in [-0.25, -0.2) is 4.98 Å². The minimum Gasteiger partial charge on any atom is -0.349 e. The third-order valence-corrected chi connectivity index (χ3v) is 5.15. The van der Waals surface area contributed by atoms with Gasteiger partial charge in [-0.3, -0.25) is 9.59 Å². The van der Waals surface area contributed by atoms with E-state index < -0.39 is 0 Å². The number of nitrogens with one attached hydrogen (secondary N) is 3. The number of likely N-dealkylation sites (N-methyl/N-ethyl adjacent to an activating group) is 1. The normalized spacial score (nSPS) is 12.5. The molecule has 1 unspecified atom stereocenters. The molecule has 2 aromatic heterocycles.